The number of hydrogen-bond acceptors (Lipinski definition) is 3. The molecular weight excluding hydrogens is 261 g/mol. The summed E-state index contributed by atoms with van der Waals surface area (Å²) in [5.41, 5.74) is 1.19. The Morgan fingerprint density at radius 3 is 2.53 bits per heavy atom. The molecule has 0 saturated carbocycles. The van der Waals surface area contributed by atoms with E-state index in [-0.39, 0.29) is 11.5 Å². The van der Waals surface area contributed by atoms with Gasteiger partial charge in [0.15, 0.2) is 0 Å². The molecule has 0 unspecified atom stereocenters. The fourth-order valence-electron chi connectivity index (χ4n) is 1.43. The molecule has 0 spiro atoms. The number of aliphatic imine (C=N–C) groups is 1. The van der Waals surface area contributed by atoms with E-state index in [1.54, 1.807) is 0 Å². The maximum absolute atomic E-state index is 12.5. The first-order valence-corrected chi connectivity index (χ1v) is 5.20. The molecule has 0 aliphatic carbocycles. The van der Waals surface area contributed by atoms with E-state index in [2.05, 4.69) is 10.4 Å². The molecule has 0 atom stereocenters. The van der Waals surface area contributed by atoms with Crippen molar-refractivity contribution in [2.24, 2.45) is 10.8 Å². The second kappa shape index (κ2) is 5.70. The normalized spacial score (nSPS) is 12.2. The van der Waals surface area contributed by atoms with Gasteiger partial charge in [0.2, 0.25) is 5.96 Å². The fourth-order valence-corrected chi connectivity index (χ4v) is 1.43. The van der Waals surface area contributed by atoms with E-state index in [1.165, 1.54) is 26.2 Å². The Morgan fingerprint density at radius 2 is 2.05 bits per heavy atom. The summed E-state index contributed by atoms with van der Waals surface area (Å²) in [5.74, 6) is 4.54. The Morgan fingerprint density at radius 1 is 1.42 bits per heavy atom. The largest absolute Gasteiger partial charge is 0.416 e. The van der Waals surface area contributed by atoms with Crippen molar-refractivity contribution in [1.29, 1.82) is 0 Å². The van der Waals surface area contributed by atoms with Gasteiger partial charge < -0.3 is 0 Å². The number of nitrogens with zero attached hydrogens (tertiary/aromatic N) is 2. The Bertz CT molecular complexity index is 499. The van der Waals surface area contributed by atoms with E-state index in [4.69, 9.17) is 5.84 Å². The third kappa shape index (κ3) is 3.44. The van der Waals surface area contributed by atoms with Gasteiger partial charge in [-0.2, -0.15) is 13.2 Å². The second-order valence-electron chi connectivity index (χ2n) is 3.63. The molecule has 0 aliphatic heterocycles. The second-order valence-corrected chi connectivity index (χ2v) is 3.63. The van der Waals surface area contributed by atoms with Crippen molar-refractivity contribution < 1.29 is 18.0 Å². The van der Waals surface area contributed by atoms with Crippen molar-refractivity contribution in [1.82, 2.24) is 10.3 Å². The summed E-state index contributed by atoms with van der Waals surface area (Å²) in [6.45, 7) is 0. The molecule has 1 rings (SSSR count). The van der Waals surface area contributed by atoms with Crippen LogP contribution >= 0.6 is 0 Å². The Hall–Kier alpha value is -2.09. The zero-order valence-electron chi connectivity index (χ0n) is 10.3. The average molecular weight is 274 g/mol. The summed E-state index contributed by atoms with van der Waals surface area (Å²) in [6, 6.07) is 4.13. The summed E-state index contributed by atoms with van der Waals surface area (Å²) in [5, 5.41) is 0. The molecule has 0 heterocycles. The van der Waals surface area contributed by atoms with Crippen molar-refractivity contribution in [2.45, 2.75) is 6.18 Å². The van der Waals surface area contributed by atoms with Crippen LogP contribution in [0.25, 0.3) is 0 Å². The minimum atomic E-state index is -4.50. The van der Waals surface area contributed by atoms with Gasteiger partial charge in [-0.3, -0.25) is 20.1 Å². The zero-order valence-corrected chi connectivity index (χ0v) is 10.3. The summed E-state index contributed by atoms with van der Waals surface area (Å²) < 4.78 is 37.6. The monoisotopic (exact) mass is 274 g/mol. The lowest BCUT2D eigenvalue weighted by Gasteiger charge is -2.18. The molecule has 0 radical (unpaired) electrons. The van der Waals surface area contributed by atoms with E-state index in [9.17, 15) is 18.0 Å². The first kappa shape index (κ1) is 15.0. The van der Waals surface area contributed by atoms with Crippen LogP contribution in [0.3, 0.4) is 0 Å². The number of carbonyl (C=O) groups excluding carboxylic acids is 1. The Kier molecular flexibility index (Phi) is 4.49. The van der Waals surface area contributed by atoms with Gasteiger partial charge in [-0.15, -0.1) is 0 Å². The predicted molar refractivity (Wildman–Crippen MR) is 64.2 cm³/mol. The number of nitrogens with two attached hydrogens (primary N) is 1. The third-order valence-corrected chi connectivity index (χ3v) is 2.40. The average Bonchev–Trinajstić information content (AvgIpc) is 2.38. The molecule has 1 aromatic carbocycles. The van der Waals surface area contributed by atoms with Crippen LogP contribution in [0.4, 0.5) is 13.2 Å². The van der Waals surface area contributed by atoms with Gasteiger partial charge in [-0.05, 0) is 18.2 Å². The smallest absolute Gasteiger partial charge is 0.294 e. The van der Waals surface area contributed by atoms with Crippen LogP contribution in [-0.2, 0) is 6.18 Å². The van der Waals surface area contributed by atoms with Gasteiger partial charge >= 0.3 is 6.18 Å². The van der Waals surface area contributed by atoms with E-state index < -0.39 is 17.6 Å². The number of nitrogens with one attached hydrogen (secondary N) is 1. The highest BCUT2D eigenvalue weighted by Gasteiger charge is 2.31. The third-order valence-electron chi connectivity index (χ3n) is 2.40. The molecule has 1 aromatic rings. The zero-order chi connectivity index (χ0) is 14.6. The van der Waals surface area contributed by atoms with E-state index in [1.807, 2.05) is 0 Å². The van der Waals surface area contributed by atoms with Gasteiger partial charge in [0.1, 0.15) is 0 Å². The first-order chi connectivity index (χ1) is 8.81. The predicted octanol–water partition coefficient (Wildman–Crippen LogP) is 1.23. The van der Waals surface area contributed by atoms with Crippen LogP contribution in [0.2, 0.25) is 0 Å². The number of amides is 1. The molecule has 0 bridgehead atoms. The summed E-state index contributed by atoms with van der Waals surface area (Å²) >= 11 is 0. The molecule has 1 amide bonds. The fraction of sp³-hybridized carbons (Fsp3) is 0.273. The topological polar surface area (TPSA) is 70.7 Å². The van der Waals surface area contributed by atoms with Crippen LogP contribution in [0, 0.1) is 0 Å². The standard InChI is InChI=1S/C11H13F3N4O/c1-16-10(17-15)18(2)9(19)7-4-3-5-8(6-7)11(12,13)14/h3-6H,15H2,1-2H3,(H,16,17). The van der Waals surface area contributed by atoms with Gasteiger partial charge in [0, 0.05) is 19.7 Å². The van der Waals surface area contributed by atoms with Crippen molar-refractivity contribution in [3.8, 4) is 0 Å². The molecule has 0 aromatic heterocycles. The molecule has 5 nitrogen and oxygen atoms in total. The van der Waals surface area contributed by atoms with E-state index in [0.717, 1.165) is 17.0 Å². The molecule has 0 aliphatic rings. The Labute approximate surface area is 107 Å². The summed E-state index contributed by atoms with van der Waals surface area (Å²) in [6.07, 6.45) is -4.50. The van der Waals surface area contributed by atoms with Crippen LogP contribution in [-0.4, -0.2) is 30.9 Å². The molecule has 19 heavy (non-hydrogen) atoms. The van der Waals surface area contributed by atoms with E-state index in [0.29, 0.717) is 0 Å². The number of guanidine groups is 1. The summed E-state index contributed by atoms with van der Waals surface area (Å²) in [7, 11) is 2.75. The maximum Gasteiger partial charge on any atom is 0.416 e. The van der Waals surface area contributed by atoms with E-state index >= 15 is 0 Å². The number of hydrazine groups is 1. The highest BCUT2D eigenvalue weighted by atomic mass is 19.4. The highest BCUT2D eigenvalue weighted by molar-refractivity contribution is 6.05. The number of benzene rings is 1. The minimum Gasteiger partial charge on any atom is -0.294 e. The van der Waals surface area contributed by atoms with Crippen molar-refractivity contribution in [3.63, 3.8) is 0 Å². The maximum atomic E-state index is 12.5. The quantitative estimate of drug-likeness (QED) is 0.350. The summed E-state index contributed by atoms with van der Waals surface area (Å²) in [4.78, 5) is 16.7. The van der Waals surface area contributed by atoms with Crippen LogP contribution in [0.1, 0.15) is 15.9 Å². The lowest BCUT2D eigenvalue weighted by molar-refractivity contribution is -0.137. The Balaban J connectivity index is 3.07. The molecule has 3 N–H and O–H groups in total. The van der Waals surface area contributed by atoms with Gasteiger partial charge in [0.25, 0.3) is 5.91 Å². The molecular formula is C11H13F3N4O. The van der Waals surface area contributed by atoms with Crippen LogP contribution < -0.4 is 11.3 Å². The van der Waals surface area contributed by atoms with Crippen molar-refractivity contribution >= 4 is 11.9 Å². The van der Waals surface area contributed by atoms with Crippen LogP contribution in [0.5, 0.6) is 0 Å². The van der Waals surface area contributed by atoms with Crippen molar-refractivity contribution in [2.75, 3.05) is 14.1 Å². The molecule has 0 saturated heterocycles. The molecule has 104 valence electrons. The number of hydrogen-bond donors (Lipinski definition) is 2. The first-order valence-electron chi connectivity index (χ1n) is 5.20. The number of rotatable bonds is 1. The van der Waals surface area contributed by atoms with Gasteiger partial charge in [0.05, 0.1) is 5.56 Å². The minimum absolute atomic E-state index is 0.0439. The number of halogens is 3. The van der Waals surface area contributed by atoms with Crippen LogP contribution in [0.15, 0.2) is 29.3 Å². The van der Waals surface area contributed by atoms with Gasteiger partial charge in [-0.1, -0.05) is 6.07 Å². The lowest BCUT2D eigenvalue weighted by atomic mass is 10.1. The highest BCUT2D eigenvalue weighted by Crippen LogP contribution is 2.29. The molecule has 0 fully saturated rings. The number of carbonyl (C=O) groups is 1. The lowest BCUT2D eigenvalue weighted by Crippen LogP contribution is -2.45. The van der Waals surface area contributed by atoms with Crippen molar-refractivity contribution in [3.05, 3.63) is 35.4 Å². The molecule has 8 heteroatoms. The van der Waals surface area contributed by atoms with Gasteiger partial charge in [-0.25, -0.2) is 5.84 Å². The number of alkyl halides is 3. The SMILES string of the molecule is CN=C(NN)N(C)C(=O)c1cccc(C(F)(F)F)c1.